The Bertz CT molecular complexity index is 125. The summed E-state index contributed by atoms with van der Waals surface area (Å²) in [5.41, 5.74) is 0.779. The van der Waals surface area contributed by atoms with E-state index in [0.717, 1.165) is 5.69 Å². The normalized spacial score (nSPS) is 8.71. The minimum Gasteiger partial charge on any atom is -0.295 e. The molecule has 0 saturated heterocycles. The van der Waals surface area contributed by atoms with Gasteiger partial charge in [0.2, 0.25) is 0 Å². The molecule has 0 unspecified atom stereocenters. The fourth-order valence-corrected chi connectivity index (χ4v) is 0.406. The lowest BCUT2D eigenvalue weighted by molar-refractivity contribution is 1.09. The summed E-state index contributed by atoms with van der Waals surface area (Å²) in [5.74, 6) is 0. The second-order valence-electron chi connectivity index (χ2n) is 1.08. The minimum atomic E-state index is 0.779. The van der Waals surface area contributed by atoms with E-state index in [0.29, 0.717) is 0 Å². The van der Waals surface area contributed by atoms with Crippen molar-refractivity contribution in [2.45, 2.75) is 0 Å². The number of nitrogens with one attached hydrogen (secondary N) is 2. The van der Waals surface area contributed by atoms with Crippen molar-refractivity contribution in [3.05, 3.63) is 12.4 Å². The summed E-state index contributed by atoms with van der Waals surface area (Å²) in [4.78, 5) is 2.39. The van der Waals surface area contributed by atoms with Gasteiger partial charge in [0.05, 0.1) is 11.9 Å². The average Bonchev–Trinajstić information content (AvgIpc) is 2.14. The molecular formula is C3H4ClN3. The molecule has 1 rings (SSSR count). The molecule has 1 aromatic rings. The third kappa shape index (κ3) is 0.838. The monoisotopic (exact) mass is 117 g/mol. The fraction of sp³-hybridized carbons (Fsp3) is 0. The highest BCUT2D eigenvalue weighted by molar-refractivity contribution is 6.23. The molecule has 1 heterocycles. The molecule has 7 heavy (non-hydrogen) atoms. The molecule has 0 spiro atoms. The quantitative estimate of drug-likeness (QED) is 0.539. The van der Waals surface area contributed by atoms with E-state index in [2.05, 4.69) is 15.0 Å². The van der Waals surface area contributed by atoms with Crippen molar-refractivity contribution >= 4 is 17.5 Å². The summed E-state index contributed by atoms with van der Waals surface area (Å²) in [6.45, 7) is 0. The zero-order chi connectivity index (χ0) is 5.11. The van der Waals surface area contributed by atoms with Crippen molar-refractivity contribution < 1.29 is 0 Å². The van der Waals surface area contributed by atoms with Crippen molar-refractivity contribution in [1.82, 2.24) is 10.2 Å². The topological polar surface area (TPSA) is 40.7 Å². The molecule has 38 valence electrons. The molecule has 1 aromatic heterocycles. The van der Waals surface area contributed by atoms with Crippen LogP contribution in [0.5, 0.6) is 0 Å². The highest BCUT2D eigenvalue weighted by atomic mass is 35.5. The Labute approximate surface area is 45.8 Å². The number of hydrogen-bond donors (Lipinski definition) is 2. The lowest BCUT2D eigenvalue weighted by Gasteiger charge is -1.80. The van der Waals surface area contributed by atoms with Crippen LogP contribution in [0, 0.1) is 0 Å². The van der Waals surface area contributed by atoms with Crippen LogP contribution >= 0.6 is 11.8 Å². The number of H-pyrrole nitrogens is 1. The maximum atomic E-state index is 5.16. The van der Waals surface area contributed by atoms with Crippen molar-refractivity contribution in [2.75, 3.05) is 4.84 Å². The van der Waals surface area contributed by atoms with Crippen molar-refractivity contribution in [2.24, 2.45) is 0 Å². The summed E-state index contributed by atoms with van der Waals surface area (Å²) in [6, 6.07) is 0. The number of rotatable bonds is 1. The largest absolute Gasteiger partial charge is 0.295 e. The van der Waals surface area contributed by atoms with Gasteiger partial charge in [0.25, 0.3) is 0 Å². The van der Waals surface area contributed by atoms with E-state index in [4.69, 9.17) is 11.8 Å². The first-order valence-electron chi connectivity index (χ1n) is 1.79. The summed E-state index contributed by atoms with van der Waals surface area (Å²) >= 11 is 5.16. The van der Waals surface area contributed by atoms with Crippen molar-refractivity contribution in [1.29, 1.82) is 0 Å². The molecule has 0 aliphatic heterocycles. The zero-order valence-corrected chi connectivity index (χ0v) is 4.24. The van der Waals surface area contributed by atoms with Gasteiger partial charge in [0, 0.05) is 18.0 Å². The van der Waals surface area contributed by atoms with E-state index in [9.17, 15) is 0 Å². The lowest BCUT2D eigenvalue weighted by atomic mass is 10.6. The fourth-order valence-electron chi connectivity index (χ4n) is 0.303. The third-order valence-electron chi connectivity index (χ3n) is 0.607. The Kier molecular flexibility index (Phi) is 1.17. The molecule has 0 bridgehead atoms. The molecule has 0 saturated carbocycles. The molecule has 0 fully saturated rings. The van der Waals surface area contributed by atoms with Crippen LogP contribution in [0.2, 0.25) is 0 Å². The van der Waals surface area contributed by atoms with Gasteiger partial charge in [-0.2, -0.15) is 5.10 Å². The standard InChI is InChI=1S/C3H4ClN3/c4-7-3-1-5-6-2-3/h1-2,7H,(H,5,6). The number of halogens is 1. The van der Waals surface area contributed by atoms with Crippen LogP contribution < -0.4 is 4.84 Å². The van der Waals surface area contributed by atoms with E-state index in [1.807, 2.05) is 0 Å². The van der Waals surface area contributed by atoms with Gasteiger partial charge in [0.15, 0.2) is 0 Å². The van der Waals surface area contributed by atoms with Gasteiger partial charge in [-0.05, 0) is 0 Å². The first-order chi connectivity index (χ1) is 3.43. The Morgan fingerprint density at radius 2 is 2.71 bits per heavy atom. The van der Waals surface area contributed by atoms with Crippen LogP contribution in [0.1, 0.15) is 0 Å². The lowest BCUT2D eigenvalue weighted by Crippen LogP contribution is -1.70. The van der Waals surface area contributed by atoms with Crippen LogP contribution in [0.3, 0.4) is 0 Å². The Balaban J connectivity index is 2.76. The molecule has 0 aliphatic rings. The van der Waals surface area contributed by atoms with E-state index in [1.165, 1.54) is 0 Å². The van der Waals surface area contributed by atoms with Gasteiger partial charge in [-0.3, -0.25) is 9.93 Å². The molecular weight excluding hydrogens is 114 g/mol. The smallest absolute Gasteiger partial charge is 0.0868 e. The predicted octanol–water partition coefficient (Wildman–Crippen LogP) is 0.975. The molecule has 0 amide bonds. The predicted molar refractivity (Wildman–Crippen MR) is 28.1 cm³/mol. The Morgan fingerprint density at radius 3 is 3.00 bits per heavy atom. The molecule has 0 aromatic carbocycles. The van der Waals surface area contributed by atoms with Crippen LogP contribution in [0.15, 0.2) is 12.4 Å². The maximum absolute atomic E-state index is 5.16. The second-order valence-corrected chi connectivity index (χ2v) is 1.27. The second kappa shape index (κ2) is 1.84. The van der Waals surface area contributed by atoms with Gasteiger partial charge < -0.3 is 0 Å². The van der Waals surface area contributed by atoms with Gasteiger partial charge in [0.1, 0.15) is 0 Å². The van der Waals surface area contributed by atoms with E-state index < -0.39 is 0 Å². The number of nitrogens with zero attached hydrogens (tertiary/aromatic N) is 1. The van der Waals surface area contributed by atoms with Crippen molar-refractivity contribution in [3.63, 3.8) is 0 Å². The average molecular weight is 118 g/mol. The van der Waals surface area contributed by atoms with Crippen LogP contribution in [-0.2, 0) is 0 Å². The SMILES string of the molecule is ClNc1cn[nH]c1. The summed E-state index contributed by atoms with van der Waals surface area (Å²) in [7, 11) is 0. The van der Waals surface area contributed by atoms with Gasteiger partial charge in [-0.25, -0.2) is 0 Å². The first-order valence-corrected chi connectivity index (χ1v) is 2.16. The number of aromatic amines is 1. The molecule has 0 aliphatic carbocycles. The molecule has 3 nitrogen and oxygen atoms in total. The minimum absolute atomic E-state index is 0.779. The number of aromatic nitrogens is 2. The van der Waals surface area contributed by atoms with Crippen LogP contribution in [-0.4, -0.2) is 10.2 Å². The summed E-state index contributed by atoms with van der Waals surface area (Å²) in [5, 5.41) is 6.20. The van der Waals surface area contributed by atoms with Crippen molar-refractivity contribution in [3.8, 4) is 0 Å². The number of hydrogen-bond acceptors (Lipinski definition) is 2. The zero-order valence-electron chi connectivity index (χ0n) is 3.48. The highest BCUT2D eigenvalue weighted by Crippen LogP contribution is 2.00. The van der Waals surface area contributed by atoms with Gasteiger partial charge >= 0.3 is 0 Å². The number of anilines is 1. The van der Waals surface area contributed by atoms with E-state index in [-0.39, 0.29) is 0 Å². The van der Waals surface area contributed by atoms with Crippen LogP contribution in [0.25, 0.3) is 0 Å². The summed E-state index contributed by atoms with van der Waals surface area (Å²) in [6.07, 6.45) is 3.25. The maximum Gasteiger partial charge on any atom is 0.0868 e. The molecule has 0 radical (unpaired) electrons. The Morgan fingerprint density at radius 1 is 1.86 bits per heavy atom. The highest BCUT2D eigenvalue weighted by Gasteiger charge is 1.82. The van der Waals surface area contributed by atoms with E-state index in [1.54, 1.807) is 12.4 Å². The molecule has 2 N–H and O–H groups in total. The van der Waals surface area contributed by atoms with Gasteiger partial charge in [-0.1, -0.05) is 0 Å². The van der Waals surface area contributed by atoms with Gasteiger partial charge in [-0.15, -0.1) is 0 Å². The molecule has 0 atom stereocenters. The van der Waals surface area contributed by atoms with Crippen LogP contribution in [0.4, 0.5) is 5.69 Å². The summed E-state index contributed by atoms with van der Waals surface area (Å²) < 4.78 is 0. The third-order valence-corrected chi connectivity index (χ3v) is 0.826. The Hall–Kier alpha value is -0.700. The van der Waals surface area contributed by atoms with E-state index >= 15 is 0 Å². The first kappa shape index (κ1) is 4.46. The molecule has 4 heteroatoms.